The zero-order valence-electron chi connectivity index (χ0n) is 26.5. The van der Waals surface area contributed by atoms with Gasteiger partial charge in [-0.15, -0.1) is 0 Å². The first-order chi connectivity index (χ1) is 21.5. The Bertz CT molecular complexity index is 1170. The van der Waals surface area contributed by atoms with Crippen LogP contribution in [0.5, 0.6) is 11.5 Å². The van der Waals surface area contributed by atoms with E-state index in [2.05, 4.69) is 82.0 Å². The molecule has 44 heavy (non-hydrogen) atoms. The molecule has 0 spiro atoms. The van der Waals surface area contributed by atoms with Gasteiger partial charge in [0, 0.05) is 76.8 Å². The second-order valence-electron chi connectivity index (χ2n) is 11.9. The van der Waals surface area contributed by atoms with Crippen LogP contribution in [0.3, 0.4) is 0 Å². The minimum absolute atomic E-state index is 0.245. The van der Waals surface area contributed by atoms with E-state index in [9.17, 15) is 10.2 Å². The molecule has 2 heterocycles. The fraction of sp³-hybridized carbons (Fsp3) is 0.500. The molecule has 2 unspecified atom stereocenters. The van der Waals surface area contributed by atoms with Gasteiger partial charge in [0.05, 0.1) is 0 Å². The lowest BCUT2D eigenvalue weighted by Crippen LogP contribution is -2.49. The van der Waals surface area contributed by atoms with Gasteiger partial charge in [0.25, 0.3) is 0 Å². The fourth-order valence-corrected chi connectivity index (χ4v) is 6.30. The topological polar surface area (TPSA) is 71.9 Å². The number of aliphatic hydroxyl groups excluding tert-OH is 2. The number of ether oxygens (including phenoxy) is 2. The Morgan fingerprint density at radius 3 is 1.27 bits per heavy atom. The van der Waals surface area contributed by atoms with Crippen LogP contribution >= 0.6 is 0 Å². The molecule has 2 saturated heterocycles. The number of nitrogens with zero attached hydrogens (tertiary/aromatic N) is 4. The molecule has 2 aliphatic rings. The molecule has 0 bridgehead atoms. The molecule has 0 aliphatic carbocycles. The summed E-state index contributed by atoms with van der Waals surface area (Å²) < 4.78 is 11.7. The third-order valence-electron chi connectivity index (χ3n) is 8.82. The molecule has 8 heteroatoms. The Labute approximate surface area is 263 Å². The molecule has 2 aliphatic heterocycles. The van der Waals surface area contributed by atoms with Crippen molar-refractivity contribution in [3.63, 3.8) is 0 Å². The van der Waals surface area contributed by atoms with Crippen LogP contribution in [0.1, 0.15) is 25.0 Å². The summed E-state index contributed by atoms with van der Waals surface area (Å²) in [4.78, 5) is 9.53. The Morgan fingerprint density at radius 1 is 0.545 bits per heavy atom. The van der Waals surface area contributed by atoms with Gasteiger partial charge in [0.2, 0.25) is 0 Å². The zero-order valence-corrected chi connectivity index (χ0v) is 26.5. The lowest BCUT2D eigenvalue weighted by atomic mass is 10.1. The Morgan fingerprint density at radius 2 is 0.909 bits per heavy atom. The number of piperazine rings is 2. The predicted molar refractivity (Wildman–Crippen MR) is 178 cm³/mol. The summed E-state index contributed by atoms with van der Waals surface area (Å²) in [5, 5.41) is 21.2. The number of hydrogen-bond donors (Lipinski definition) is 2. The Hall–Kier alpha value is -3.30. The Kier molecular flexibility index (Phi) is 11.8. The van der Waals surface area contributed by atoms with Crippen LogP contribution in [0.2, 0.25) is 0 Å². The number of aliphatic hydroxyl groups is 2. The maximum Gasteiger partial charge on any atom is 0.119 e. The summed E-state index contributed by atoms with van der Waals surface area (Å²) in [6.45, 7) is 13.7. The first-order valence-corrected chi connectivity index (χ1v) is 16.3. The molecule has 238 valence electrons. The van der Waals surface area contributed by atoms with Crippen molar-refractivity contribution in [2.75, 3.05) is 88.5 Å². The van der Waals surface area contributed by atoms with Crippen LogP contribution < -0.4 is 19.3 Å². The lowest BCUT2D eigenvalue weighted by Gasteiger charge is -2.37. The smallest absolute Gasteiger partial charge is 0.119 e. The van der Waals surface area contributed by atoms with Gasteiger partial charge < -0.3 is 29.5 Å². The zero-order chi connectivity index (χ0) is 30.7. The van der Waals surface area contributed by atoms with E-state index in [1.807, 2.05) is 24.3 Å². The molecule has 5 rings (SSSR count). The van der Waals surface area contributed by atoms with E-state index in [4.69, 9.17) is 9.47 Å². The summed E-state index contributed by atoms with van der Waals surface area (Å²) in [5.41, 5.74) is 5.45. The van der Waals surface area contributed by atoms with Crippen LogP contribution in [0.4, 0.5) is 11.4 Å². The van der Waals surface area contributed by atoms with Crippen molar-refractivity contribution < 1.29 is 19.7 Å². The van der Waals surface area contributed by atoms with E-state index in [-0.39, 0.29) is 13.2 Å². The molecule has 0 saturated carbocycles. The minimum atomic E-state index is -0.557. The van der Waals surface area contributed by atoms with Crippen molar-refractivity contribution in [2.24, 2.45) is 0 Å². The second kappa shape index (κ2) is 16.1. The van der Waals surface area contributed by atoms with Gasteiger partial charge in [-0.05, 0) is 60.4 Å². The average Bonchev–Trinajstić information content (AvgIpc) is 3.07. The highest BCUT2D eigenvalue weighted by atomic mass is 16.5. The summed E-state index contributed by atoms with van der Waals surface area (Å²) in [5.74, 6) is 1.39. The largest absolute Gasteiger partial charge is 0.491 e. The Balaban J connectivity index is 0.964. The fourth-order valence-electron chi connectivity index (χ4n) is 6.30. The summed E-state index contributed by atoms with van der Waals surface area (Å²) in [7, 11) is 0. The maximum atomic E-state index is 10.6. The van der Waals surface area contributed by atoms with Gasteiger partial charge in [0.15, 0.2) is 0 Å². The molecule has 2 N–H and O–H groups in total. The molecule has 8 nitrogen and oxygen atoms in total. The van der Waals surface area contributed by atoms with Gasteiger partial charge in [-0.1, -0.05) is 50.2 Å². The van der Waals surface area contributed by atoms with Crippen LogP contribution in [0.15, 0.2) is 72.8 Å². The number of aryl methyl sites for hydroxylation is 2. The number of anilines is 2. The molecule has 2 atom stereocenters. The van der Waals surface area contributed by atoms with E-state index in [0.29, 0.717) is 24.6 Å². The highest BCUT2D eigenvalue weighted by Gasteiger charge is 2.22. The van der Waals surface area contributed by atoms with Crippen LogP contribution in [0, 0.1) is 0 Å². The quantitative estimate of drug-likeness (QED) is 0.288. The monoisotopic (exact) mass is 602 g/mol. The third kappa shape index (κ3) is 8.88. The second-order valence-corrected chi connectivity index (χ2v) is 11.9. The number of rotatable bonds is 14. The van der Waals surface area contributed by atoms with E-state index in [0.717, 1.165) is 65.2 Å². The standard InChI is InChI=1S/C36H50N4O4/c1-3-29-9-5-7-11-35(29)39-21-17-37(18-22-39)25-31(41)27-43-33-13-15-34(16-14-33)44-28-32(42)26-38-19-23-40(24-20-38)36-12-8-6-10-30(36)4-2/h5-16,31-32,41-42H,3-4,17-28H2,1-2H3. The molecule has 3 aromatic rings. The van der Waals surface area contributed by atoms with Crippen molar-refractivity contribution in [3.8, 4) is 11.5 Å². The van der Waals surface area contributed by atoms with E-state index in [1.54, 1.807) is 0 Å². The molecule has 0 amide bonds. The van der Waals surface area contributed by atoms with Crippen molar-refractivity contribution in [1.29, 1.82) is 0 Å². The molecule has 0 radical (unpaired) electrons. The van der Waals surface area contributed by atoms with Crippen molar-refractivity contribution >= 4 is 11.4 Å². The first kappa shape index (κ1) is 32.1. The lowest BCUT2D eigenvalue weighted by molar-refractivity contribution is 0.0650. The van der Waals surface area contributed by atoms with Crippen LogP contribution in [0.25, 0.3) is 0 Å². The SMILES string of the molecule is CCc1ccccc1N1CCN(CC(O)COc2ccc(OCC(O)CN3CCN(c4ccccc4CC)CC3)cc2)CC1. The third-order valence-corrected chi connectivity index (χ3v) is 8.82. The number of hydrogen-bond acceptors (Lipinski definition) is 8. The van der Waals surface area contributed by atoms with Gasteiger partial charge in [0.1, 0.15) is 36.9 Å². The average molecular weight is 603 g/mol. The van der Waals surface area contributed by atoms with Gasteiger partial charge in [-0.2, -0.15) is 0 Å². The maximum absolute atomic E-state index is 10.6. The van der Waals surface area contributed by atoms with Crippen molar-refractivity contribution in [3.05, 3.63) is 83.9 Å². The summed E-state index contributed by atoms with van der Waals surface area (Å²) >= 11 is 0. The number of β-amino-alcohol motifs (C(OH)–C–C–N with tert-alkyl or cyclic N) is 2. The molecule has 0 aromatic heterocycles. The minimum Gasteiger partial charge on any atom is -0.491 e. The predicted octanol–water partition coefficient (Wildman–Crippen LogP) is 3.94. The normalized spacial score (nSPS) is 17.8. The van der Waals surface area contributed by atoms with Gasteiger partial charge >= 0.3 is 0 Å². The first-order valence-electron chi connectivity index (χ1n) is 16.3. The van der Waals surface area contributed by atoms with Gasteiger partial charge in [-0.25, -0.2) is 0 Å². The summed E-state index contributed by atoms with van der Waals surface area (Å²) in [6.07, 6.45) is 0.960. The van der Waals surface area contributed by atoms with Crippen molar-refractivity contribution in [2.45, 2.75) is 38.9 Å². The van der Waals surface area contributed by atoms with Crippen LogP contribution in [-0.4, -0.2) is 111 Å². The highest BCUT2D eigenvalue weighted by Crippen LogP contribution is 2.24. The number of para-hydroxylation sites is 2. The molecular weight excluding hydrogens is 552 g/mol. The summed E-state index contributed by atoms with van der Waals surface area (Å²) in [6, 6.07) is 24.7. The molecule has 3 aromatic carbocycles. The molecule has 2 fully saturated rings. The van der Waals surface area contributed by atoms with Crippen molar-refractivity contribution in [1.82, 2.24) is 9.80 Å². The van der Waals surface area contributed by atoms with E-state index >= 15 is 0 Å². The van der Waals surface area contributed by atoms with E-state index < -0.39 is 12.2 Å². The van der Waals surface area contributed by atoms with E-state index in [1.165, 1.54) is 22.5 Å². The van der Waals surface area contributed by atoms with Gasteiger partial charge in [-0.3, -0.25) is 9.80 Å². The highest BCUT2D eigenvalue weighted by molar-refractivity contribution is 5.55. The van der Waals surface area contributed by atoms with Crippen LogP contribution in [-0.2, 0) is 12.8 Å². The number of benzene rings is 3. The molecular formula is C36H50N4O4.